The summed E-state index contributed by atoms with van der Waals surface area (Å²) in [5.74, 6) is 1.35. The van der Waals surface area contributed by atoms with Crippen molar-refractivity contribution in [2.24, 2.45) is 0 Å². The molecule has 0 radical (unpaired) electrons. The number of halogens is 2. The van der Waals surface area contributed by atoms with E-state index in [0.717, 1.165) is 15.7 Å². The summed E-state index contributed by atoms with van der Waals surface area (Å²) in [6.45, 7) is 4.00. The van der Waals surface area contributed by atoms with Gasteiger partial charge >= 0.3 is 0 Å². The summed E-state index contributed by atoms with van der Waals surface area (Å²) in [5.41, 5.74) is 1.86. The number of ether oxygens (including phenoxy) is 2. The molecule has 1 heterocycles. The van der Waals surface area contributed by atoms with Gasteiger partial charge in [-0.25, -0.2) is 4.98 Å². The number of aromatic nitrogens is 1. The molecule has 0 bridgehead atoms. The molecule has 5 heteroatoms. The molecule has 0 amide bonds. The monoisotopic (exact) mass is 371 g/mol. The second kappa shape index (κ2) is 8.90. The first-order valence-electron chi connectivity index (χ1n) is 6.63. The van der Waals surface area contributed by atoms with Crippen molar-refractivity contribution in [1.82, 2.24) is 4.98 Å². The Balaban J connectivity index is 0.00000106. The maximum absolute atomic E-state index is 6.46. The van der Waals surface area contributed by atoms with Crippen LogP contribution >= 0.6 is 27.5 Å². The molecule has 1 atom stereocenters. The van der Waals surface area contributed by atoms with Gasteiger partial charge in [-0.05, 0) is 45.3 Å². The predicted molar refractivity (Wildman–Crippen MR) is 90.5 cm³/mol. The van der Waals surface area contributed by atoms with Gasteiger partial charge in [-0.15, -0.1) is 11.6 Å². The topological polar surface area (TPSA) is 31.4 Å². The van der Waals surface area contributed by atoms with Crippen molar-refractivity contribution in [2.45, 2.75) is 19.2 Å². The molecule has 1 aromatic carbocycles. The van der Waals surface area contributed by atoms with Gasteiger partial charge in [-0.2, -0.15) is 0 Å². The van der Waals surface area contributed by atoms with E-state index in [1.807, 2.05) is 44.2 Å². The average Bonchev–Trinajstić information content (AvgIpc) is 2.56. The highest BCUT2D eigenvalue weighted by atomic mass is 79.9. The standard InChI is InChI=1S/C14H13BrClNO2.C2H6/c1-18-11-5-3-9(7-12(11)19-2)14(16)10-4-6-13(15)17-8-10;1-2/h3-8,14H,1-2H3;1-2H3. The van der Waals surface area contributed by atoms with Crippen LogP contribution in [0.15, 0.2) is 41.1 Å². The highest BCUT2D eigenvalue weighted by molar-refractivity contribution is 9.10. The van der Waals surface area contributed by atoms with Crippen LogP contribution in [-0.4, -0.2) is 19.2 Å². The smallest absolute Gasteiger partial charge is 0.161 e. The Morgan fingerprint density at radius 3 is 2.14 bits per heavy atom. The zero-order valence-electron chi connectivity index (χ0n) is 12.6. The van der Waals surface area contributed by atoms with Gasteiger partial charge in [0.1, 0.15) is 4.60 Å². The summed E-state index contributed by atoms with van der Waals surface area (Å²) in [6, 6.07) is 9.44. The number of rotatable bonds is 4. The van der Waals surface area contributed by atoms with E-state index in [2.05, 4.69) is 20.9 Å². The Morgan fingerprint density at radius 2 is 1.62 bits per heavy atom. The van der Waals surface area contributed by atoms with Crippen molar-refractivity contribution in [3.8, 4) is 11.5 Å². The van der Waals surface area contributed by atoms with E-state index in [1.54, 1.807) is 20.4 Å². The number of hydrogen-bond acceptors (Lipinski definition) is 3. The molecule has 2 rings (SSSR count). The van der Waals surface area contributed by atoms with Crippen LogP contribution in [-0.2, 0) is 0 Å². The van der Waals surface area contributed by atoms with Crippen LogP contribution < -0.4 is 9.47 Å². The lowest BCUT2D eigenvalue weighted by atomic mass is 10.1. The van der Waals surface area contributed by atoms with E-state index in [-0.39, 0.29) is 5.38 Å². The molecule has 3 nitrogen and oxygen atoms in total. The predicted octanol–water partition coefficient (Wildman–Crippen LogP) is 5.22. The number of nitrogens with zero attached hydrogens (tertiary/aromatic N) is 1. The van der Waals surface area contributed by atoms with Gasteiger partial charge in [0.05, 0.1) is 19.6 Å². The molecule has 1 unspecified atom stereocenters. The number of methoxy groups -OCH3 is 2. The van der Waals surface area contributed by atoms with E-state index >= 15 is 0 Å². The summed E-state index contributed by atoms with van der Waals surface area (Å²) in [6.07, 6.45) is 1.75. The minimum absolute atomic E-state index is 0.277. The van der Waals surface area contributed by atoms with Crippen LogP contribution in [0.2, 0.25) is 0 Å². The summed E-state index contributed by atoms with van der Waals surface area (Å²) in [5, 5.41) is -0.277. The van der Waals surface area contributed by atoms with E-state index in [9.17, 15) is 0 Å². The van der Waals surface area contributed by atoms with Crippen molar-refractivity contribution in [1.29, 1.82) is 0 Å². The normalized spacial score (nSPS) is 11.1. The molecule has 0 N–H and O–H groups in total. The number of hydrogen-bond donors (Lipinski definition) is 0. The maximum Gasteiger partial charge on any atom is 0.161 e. The van der Waals surface area contributed by atoms with Gasteiger partial charge in [0.2, 0.25) is 0 Å². The van der Waals surface area contributed by atoms with Crippen LogP contribution in [0, 0.1) is 0 Å². The Labute approximate surface area is 139 Å². The molecular weight excluding hydrogens is 354 g/mol. The Kier molecular flexibility index (Phi) is 7.54. The molecule has 0 aliphatic rings. The quantitative estimate of drug-likeness (QED) is 0.545. The van der Waals surface area contributed by atoms with Crippen molar-refractivity contribution in [3.05, 3.63) is 52.3 Å². The molecule has 0 saturated heterocycles. The molecule has 0 fully saturated rings. The molecule has 0 aliphatic heterocycles. The molecule has 0 aliphatic carbocycles. The number of benzene rings is 1. The third-order valence-electron chi connectivity index (χ3n) is 2.74. The van der Waals surface area contributed by atoms with E-state index < -0.39 is 0 Å². The summed E-state index contributed by atoms with van der Waals surface area (Å²) in [4.78, 5) is 4.18. The fraction of sp³-hybridized carbons (Fsp3) is 0.312. The van der Waals surface area contributed by atoms with Gasteiger partial charge < -0.3 is 9.47 Å². The highest BCUT2D eigenvalue weighted by Crippen LogP contribution is 2.35. The Bertz CT molecular complexity index is 561. The average molecular weight is 373 g/mol. The van der Waals surface area contributed by atoms with Gasteiger partial charge in [0.25, 0.3) is 0 Å². The first kappa shape index (κ1) is 17.8. The van der Waals surface area contributed by atoms with Gasteiger partial charge in [0, 0.05) is 6.20 Å². The fourth-order valence-corrected chi connectivity index (χ4v) is 2.24. The minimum atomic E-state index is -0.277. The van der Waals surface area contributed by atoms with Crippen LogP contribution in [0.25, 0.3) is 0 Å². The Hall–Kier alpha value is -1.26. The fourth-order valence-electron chi connectivity index (χ4n) is 1.74. The van der Waals surface area contributed by atoms with Gasteiger partial charge in [0.15, 0.2) is 11.5 Å². The van der Waals surface area contributed by atoms with E-state index in [1.165, 1.54) is 0 Å². The van der Waals surface area contributed by atoms with Crippen LogP contribution in [0.4, 0.5) is 0 Å². The second-order valence-corrected chi connectivity index (χ2v) is 5.14. The van der Waals surface area contributed by atoms with Gasteiger partial charge in [-0.1, -0.05) is 26.0 Å². The third-order valence-corrected chi connectivity index (χ3v) is 3.72. The zero-order valence-corrected chi connectivity index (χ0v) is 14.9. The SMILES string of the molecule is CC.COc1ccc(C(Cl)c2ccc(Br)nc2)cc1OC. The van der Waals surface area contributed by atoms with Crippen LogP contribution in [0.1, 0.15) is 30.4 Å². The van der Waals surface area contributed by atoms with Crippen molar-refractivity contribution in [2.75, 3.05) is 14.2 Å². The lowest BCUT2D eigenvalue weighted by molar-refractivity contribution is 0.354. The number of pyridine rings is 1. The van der Waals surface area contributed by atoms with Crippen molar-refractivity contribution in [3.63, 3.8) is 0 Å². The van der Waals surface area contributed by atoms with E-state index in [0.29, 0.717) is 11.5 Å². The summed E-state index contributed by atoms with van der Waals surface area (Å²) in [7, 11) is 3.21. The molecule has 21 heavy (non-hydrogen) atoms. The lowest BCUT2D eigenvalue weighted by Gasteiger charge is -2.13. The summed E-state index contributed by atoms with van der Waals surface area (Å²) < 4.78 is 11.3. The minimum Gasteiger partial charge on any atom is -0.493 e. The first-order chi connectivity index (χ1) is 10.2. The van der Waals surface area contributed by atoms with Crippen LogP contribution in [0.3, 0.4) is 0 Å². The molecular formula is C16H19BrClNO2. The maximum atomic E-state index is 6.46. The molecule has 1 aromatic heterocycles. The second-order valence-electron chi connectivity index (χ2n) is 3.89. The molecule has 0 saturated carbocycles. The first-order valence-corrected chi connectivity index (χ1v) is 7.86. The van der Waals surface area contributed by atoms with Crippen LogP contribution in [0.5, 0.6) is 11.5 Å². The lowest BCUT2D eigenvalue weighted by Crippen LogP contribution is -1.97. The Morgan fingerprint density at radius 1 is 1.00 bits per heavy atom. The highest BCUT2D eigenvalue weighted by Gasteiger charge is 2.14. The molecule has 2 aromatic rings. The van der Waals surface area contributed by atoms with Gasteiger partial charge in [-0.3, -0.25) is 0 Å². The number of alkyl halides is 1. The van der Waals surface area contributed by atoms with E-state index in [4.69, 9.17) is 21.1 Å². The van der Waals surface area contributed by atoms with Crippen molar-refractivity contribution >= 4 is 27.5 Å². The summed E-state index contributed by atoms with van der Waals surface area (Å²) >= 11 is 9.76. The molecule has 114 valence electrons. The largest absolute Gasteiger partial charge is 0.493 e. The zero-order chi connectivity index (χ0) is 15.8. The van der Waals surface area contributed by atoms with Crippen molar-refractivity contribution < 1.29 is 9.47 Å². The third kappa shape index (κ3) is 4.61. The molecule has 0 spiro atoms.